The Balaban J connectivity index is 0.000000115. The molecule has 0 atom stereocenters. The van der Waals surface area contributed by atoms with Crippen LogP contribution in [0.25, 0.3) is 150 Å². The van der Waals surface area contributed by atoms with Crippen LogP contribution in [-0.2, 0) is 19.0 Å². The molecule has 0 radical (unpaired) electrons. The highest BCUT2D eigenvalue weighted by Gasteiger charge is 2.33. The molecule has 0 bridgehead atoms. The second kappa shape index (κ2) is 30.1. The molecule has 0 fully saturated rings. The highest BCUT2D eigenvalue weighted by Crippen LogP contribution is 2.53. The highest BCUT2D eigenvalue weighted by atomic mass is 32.2. The predicted molar refractivity (Wildman–Crippen MR) is 491 cm³/mol. The number of nitrogens with zero attached hydrogens (tertiary/aromatic N) is 3. The molecule has 16 aromatic carbocycles. The Kier molecular flexibility index (Phi) is 18.7. The SMILES string of the molecule is O=P(c1ccccc1)(c1ccccc1)c1ccc(-c2sc3ccccc3c3nc4ccccc4c2-3)cc1.O=P(c1ccccc1)(c1ccccc1)c1cccc(-c2ccc(-c3sc4ccccc4c4nc5ccccc5c3-4)c3ccccc23)c1.O=S(=O)(c1ccccc1)c1ccc(-c2sc3ccccc3c3nc4ccccc4c2-3)cc1. The predicted octanol–water partition coefficient (Wildman–Crippen LogP) is 25.6. The molecule has 6 aliphatic rings. The van der Waals surface area contributed by atoms with Crippen LogP contribution < -0.4 is 31.8 Å². The smallest absolute Gasteiger partial charge is 0.206 e. The zero-order valence-electron chi connectivity index (χ0n) is 62.2. The van der Waals surface area contributed by atoms with Gasteiger partial charge in [-0.3, -0.25) is 0 Å². The number of benzene rings is 16. The zero-order valence-corrected chi connectivity index (χ0v) is 67.2. The lowest BCUT2D eigenvalue weighted by atomic mass is 9.92. The van der Waals surface area contributed by atoms with Crippen molar-refractivity contribution in [1.29, 1.82) is 0 Å². The molecule has 22 rings (SSSR count). The first-order chi connectivity index (χ1) is 57.1. The van der Waals surface area contributed by atoms with Gasteiger partial charge in [0.05, 0.1) is 43.4 Å². The minimum Gasteiger partial charge on any atom is -0.309 e. The van der Waals surface area contributed by atoms with Crippen LogP contribution in [0.2, 0.25) is 0 Å². The molecule has 552 valence electrons. The molecule has 0 aromatic heterocycles. The quantitative estimate of drug-likeness (QED) is 0.112. The molecular weight excluding hydrogens is 1530 g/mol. The Morgan fingerprint density at radius 1 is 0.224 bits per heavy atom. The van der Waals surface area contributed by atoms with Crippen molar-refractivity contribution in [3.63, 3.8) is 0 Å². The Hall–Kier alpha value is -12.9. The van der Waals surface area contributed by atoms with Crippen molar-refractivity contribution >= 4 is 164 Å². The first-order valence-corrected chi connectivity index (χ1v) is 45.6. The van der Waals surface area contributed by atoms with Crippen molar-refractivity contribution in [2.75, 3.05) is 0 Å². The molecule has 0 spiro atoms. The summed E-state index contributed by atoms with van der Waals surface area (Å²) < 4.78 is 59.6. The summed E-state index contributed by atoms with van der Waals surface area (Å²) in [4.78, 5) is 19.2. The van der Waals surface area contributed by atoms with Gasteiger partial charge in [-0.2, -0.15) is 0 Å². The topological polar surface area (TPSA) is 107 Å². The van der Waals surface area contributed by atoms with Crippen molar-refractivity contribution in [2.45, 2.75) is 9.79 Å². The van der Waals surface area contributed by atoms with Gasteiger partial charge >= 0.3 is 0 Å². The van der Waals surface area contributed by atoms with Gasteiger partial charge in [0.2, 0.25) is 9.84 Å². The van der Waals surface area contributed by atoms with E-state index >= 15 is 4.57 Å². The van der Waals surface area contributed by atoms with Crippen LogP contribution in [0, 0.1) is 0 Å². The van der Waals surface area contributed by atoms with E-state index in [9.17, 15) is 13.0 Å². The van der Waals surface area contributed by atoms with E-state index in [0.717, 1.165) is 124 Å². The third-order valence-electron chi connectivity index (χ3n) is 21.8. The fourth-order valence-electron chi connectivity index (χ4n) is 16.3. The van der Waals surface area contributed by atoms with E-state index in [-0.39, 0.29) is 0 Å². The van der Waals surface area contributed by atoms with Gasteiger partial charge in [0, 0.05) is 115 Å². The Labute approximate surface area is 683 Å². The summed E-state index contributed by atoms with van der Waals surface area (Å²) in [6, 6.07) is 135. The second-order valence-electron chi connectivity index (χ2n) is 28.5. The van der Waals surface area contributed by atoms with Crippen LogP contribution >= 0.6 is 48.3 Å². The van der Waals surface area contributed by atoms with E-state index in [1.807, 2.05) is 212 Å². The van der Waals surface area contributed by atoms with Gasteiger partial charge in [-0.25, -0.2) is 23.4 Å². The monoisotopic (exact) mass is 1600 g/mol. The number of rotatable bonds is 12. The molecule has 0 aliphatic carbocycles. The van der Waals surface area contributed by atoms with E-state index in [2.05, 4.69) is 170 Å². The fourth-order valence-corrected chi connectivity index (χ4v) is 26.5. The lowest BCUT2D eigenvalue weighted by Gasteiger charge is -2.21. The van der Waals surface area contributed by atoms with Crippen LogP contribution in [0.3, 0.4) is 0 Å². The van der Waals surface area contributed by atoms with E-state index in [1.165, 1.54) is 57.4 Å². The zero-order chi connectivity index (χ0) is 77.9. The molecule has 13 heteroatoms. The van der Waals surface area contributed by atoms with Gasteiger partial charge in [0.1, 0.15) is 0 Å². The molecule has 6 aliphatic heterocycles. The largest absolute Gasteiger partial charge is 0.309 e. The first-order valence-electron chi connectivity index (χ1n) is 38.2. The van der Waals surface area contributed by atoms with Crippen molar-refractivity contribution in [1.82, 2.24) is 15.0 Å². The molecular formula is C103H67N3O4P2S4. The van der Waals surface area contributed by atoms with Crippen LogP contribution in [0.5, 0.6) is 0 Å². The van der Waals surface area contributed by atoms with Gasteiger partial charge in [-0.05, 0) is 99.8 Å². The molecule has 0 unspecified atom stereocenters. The van der Waals surface area contributed by atoms with Crippen LogP contribution in [0.4, 0.5) is 0 Å². The molecule has 0 saturated heterocycles. The van der Waals surface area contributed by atoms with E-state index in [1.54, 1.807) is 59.1 Å². The summed E-state index contributed by atoms with van der Waals surface area (Å²) in [5, 5.41) is 14.3. The minimum atomic E-state index is -3.55. The number of hydrogen-bond donors (Lipinski definition) is 0. The summed E-state index contributed by atoms with van der Waals surface area (Å²) in [6.07, 6.45) is 0. The number of hydrogen-bond acceptors (Lipinski definition) is 10. The van der Waals surface area contributed by atoms with Crippen molar-refractivity contribution in [2.24, 2.45) is 0 Å². The second-order valence-corrected chi connectivity index (χ2v) is 39.2. The Morgan fingerprint density at radius 2 is 0.517 bits per heavy atom. The number of fused-ring (bicyclic) bond motifs is 16. The highest BCUT2D eigenvalue weighted by molar-refractivity contribution is 7.91. The summed E-state index contributed by atoms with van der Waals surface area (Å²) in [5.41, 5.74) is 15.0. The lowest BCUT2D eigenvalue weighted by molar-refractivity contribution is 0.591. The average molecular weight is 1600 g/mol. The maximum atomic E-state index is 15.2. The summed E-state index contributed by atoms with van der Waals surface area (Å²) in [5.74, 6) is 0. The van der Waals surface area contributed by atoms with Gasteiger partial charge < -0.3 is 9.13 Å². The van der Waals surface area contributed by atoms with Crippen LogP contribution in [0.15, 0.2) is 416 Å². The number of para-hydroxylation sites is 3. The van der Waals surface area contributed by atoms with Crippen molar-refractivity contribution in [3.05, 3.63) is 406 Å². The van der Waals surface area contributed by atoms with Crippen molar-refractivity contribution in [3.8, 4) is 76.2 Å². The Morgan fingerprint density at radius 3 is 0.940 bits per heavy atom. The maximum Gasteiger partial charge on any atom is 0.206 e. The lowest BCUT2D eigenvalue weighted by Crippen LogP contribution is -2.25. The van der Waals surface area contributed by atoms with Crippen molar-refractivity contribution < 1.29 is 17.5 Å². The van der Waals surface area contributed by atoms with Crippen LogP contribution in [0.1, 0.15) is 0 Å². The van der Waals surface area contributed by atoms with Crippen LogP contribution in [-0.4, -0.2) is 23.4 Å². The molecule has 7 nitrogen and oxygen atoms in total. The normalized spacial score (nSPS) is 11.9. The summed E-state index contributed by atoms with van der Waals surface area (Å²) >= 11 is 5.32. The van der Waals surface area contributed by atoms with E-state index < -0.39 is 24.1 Å². The fraction of sp³-hybridized carbons (Fsp3) is 0. The third kappa shape index (κ3) is 12.6. The van der Waals surface area contributed by atoms with E-state index in [4.69, 9.17) is 15.0 Å². The molecule has 0 amide bonds. The van der Waals surface area contributed by atoms with E-state index in [0.29, 0.717) is 9.79 Å². The van der Waals surface area contributed by atoms with Gasteiger partial charge in [-0.1, -0.05) is 340 Å². The first kappa shape index (κ1) is 72.1. The average Bonchev–Trinajstić information content (AvgIpc) is 1.31. The molecule has 0 saturated carbocycles. The molecule has 0 N–H and O–H groups in total. The Bertz CT molecular complexity index is 7500. The molecule has 16 aromatic rings. The summed E-state index contributed by atoms with van der Waals surface area (Å²) in [7, 11) is -9.67. The standard InChI is InChI=1S/C43H28NOPS.C33H22NOPS.C27H17NO2S2/c45-46(30-15-3-1-4-16-30,31-17-5-2-6-18-31)32-19-13-14-29(28-32)33-26-27-36(35-21-8-7-20-34(33)35)43-41-37-22-9-11-24-39(37)44-42(41)38-23-10-12-25-40(38)47-43;35-36(24-11-3-1-4-12-24,25-13-5-2-6-14-25)26-21-19-23(20-22-26)33-31-27-15-7-9-17-29(27)34-32(31)28-16-8-10-18-30(28)37-33;29-32(30,19-8-2-1-3-9-19)20-16-14-18(15-17-20)27-25-21-10-4-6-12-23(21)28-26(25)22-11-5-7-13-24(22)31-27/h1-28H;1-22H;1-17H. The number of sulfone groups is 1. The minimum absolute atomic E-state index is 0.292. The van der Waals surface area contributed by atoms with Gasteiger partial charge in [0.15, 0.2) is 14.3 Å². The molecule has 6 heterocycles. The molecule has 116 heavy (non-hydrogen) atoms. The van der Waals surface area contributed by atoms with Gasteiger partial charge in [-0.15, -0.1) is 34.0 Å². The summed E-state index contributed by atoms with van der Waals surface area (Å²) in [6.45, 7) is 0. The van der Waals surface area contributed by atoms with Gasteiger partial charge in [0.25, 0.3) is 0 Å². The third-order valence-corrected chi connectivity index (χ3v) is 33.4. The maximum absolute atomic E-state index is 15.2. The number of aromatic nitrogens is 3.